The molecule has 4 aromatic rings. The van der Waals surface area contributed by atoms with E-state index in [2.05, 4.69) is 20.2 Å². The fraction of sp³-hybridized carbons (Fsp3) is 0.296. The number of hydrogen-bond donors (Lipinski definition) is 2. The molecule has 3 atom stereocenters. The number of amides is 1. The van der Waals surface area contributed by atoms with E-state index in [1.807, 2.05) is 44.2 Å². The van der Waals surface area contributed by atoms with E-state index in [0.717, 1.165) is 48.3 Å². The summed E-state index contributed by atoms with van der Waals surface area (Å²) in [5.41, 5.74) is 2.34. The third-order valence-corrected chi connectivity index (χ3v) is 7.82. The van der Waals surface area contributed by atoms with E-state index >= 15 is 0 Å². The molecule has 0 saturated carbocycles. The van der Waals surface area contributed by atoms with Gasteiger partial charge in [0.15, 0.2) is 0 Å². The SMILES string of the molecule is C[C@@H]1CN(c2cccc(-c3ccc4cnc(CNC(=O)c5cc(S(=N)(=O)C(F)F)ccn5)cc4n3)n2)C[C@H](C)O1. The molecule has 0 aromatic carbocycles. The van der Waals surface area contributed by atoms with Gasteiger partial charge in [0.25, 0.3) is 5.91 Å². The third kappa shape index (κ3) is 5.89. The first-order valence-corrected chi connectivity index (χ1v) is 14.2. The summed E-state index contributed by atoms with van der Waals surface area (Å²) in [6, 6.07) is 13.3. The van der Waals surface area contributed by atoms with Crippen LogP contribution in [0.25, 0.3) is 22.3 Å². The highest BCUT2D eigenvalue weighted by molar-refractivity contribution is 7.92. The fourth-order valence-electron chi connectivity index (χ4n) is 4.49. The summed E-state index contributed by atoms with van der Waals surface area (Å²) in [6.07, 6.45) is 2.93. The Morgan fingerprint density at radius 3 is 2.60 bits per heavy atom. The number of aromatic nitrogens is 4. The zero-order valence-electron chi connectivity index (χ0n) is 21.8. The number of anilines is 1. The van der Waals surface area contributed by atoms with Gasteiger partial charge in [0.2, 0.25) is 0 Å². The Kier molecular flexibility index (Phi) is 7.68. The molecule has 1 aliphatic rings. The Labute approximate surface area is 229 Å². The minimum absolute atomic E-state index is 0.0127. The highest BCUT2D eigenvalue weighted by Gasteiger charge is 2.24. The number of carbonyl (C=O) groups excluding carboxylic acids is 1. The van der Waals surface area contributed by atoms with Gasteiger partial charge in [0, 0.05) is 30.9 Å². The molecule has 5 rings (SSSR count). The van der Waals surface area contributed by atoms with Crippen LogP contribution in [0.5, 0.6) is 0 Å². The van der Waals surface area contributed by atoms with Gasteiger partial charge in [-0.15, -0.1) is 0 Å². The Morgan fingerprint density at radius 1 is 1.10 bits per heavy atom. The number of carbonyl (C=O) groups is 1. The summed E-state index contributed by atoms with van der Waals surface area (Å²) in [5.74, 6) is -3.20. The number of pyridine rings is 4. The monoisotopic (exact) mass is 567 g/mol. The van der Waals surface area contributed by atoms with E-state index in [4.69, 9.17) is 19.5 Å². The Hall–Kier alpha value is -4.10. The van der Waals surface area contributed by atoms with Crippen molar-refractivity contribution < 1.29 is 22.5 Å². The van der Waals surface area contributed by atoms with Gasteiger partial charge in [-0.05, 0) is 56.3 Å². The summed E-state index contributed by atoms with van der Waals surface area (Å²) in [5, 5.41) is 3.43. The zero-order valence-corrected chi connectivity index (χ0v) is 22.6. The number of morpholine rings is 1. The fourth-order valence-corrected chi connectivity index (χ4v) is 5.25. The molecule has 1 unspecified atom stereocenters. The van der Waals surface area contributed by atoms with E-state index in [0.29, 0.717) is 16.9 Å². The summed E-state index contributed by atoms with van der Waals surface area (Å²) < 4.78 is 51.2. The van der Waals surface area contributed by atoms with Crippen molar-refractivity contribution in [1.29, 1.82) is 4.78 Å². The number of rotatable bonds is 7. The highest BCUT2D eigenvalue weighted by Crippen LogP contribution is 2.24. The third-order valence-electron chi connectivity index (χ3n) is 6.37. The Balaban J connectivity index is 1.33. The number of nitrogens with one attached hydrogen (secondary N) is 2. The quantitative estimate of drug-likeness (QED) is 0.338. The maximum absolute atomic E-state index is 13.0. The molecular formula is C27H27F2N7O3S. The van der Waals surface area contributed by atoms with Crippen molar-refractivity contribution in [1.82, 2.24) is 25.3 Å². The molecule has 0 aliphatic carbocycles. The lowest BCUT2D eigenvalue weighted by molar-refractivity contribution is -0.00545. The lowest BCUT2D eigenvalue weighted by atomic mass is 10.1. The van der Waals surface area contributed by atoms with Crippen molar-refractivity contribution in [3.63, 3.8) is 0 Å². The van der Waals surface area contributed by atoms with Gasteiger partial charge in [-0.25, -0.2) is 19.0 Å². The predicted molar refractivity (Wildman–Crippen MR) is 146 cm³/mol. The second-order valence-corrected chi connectivity index (χ2v) is 11.6. The van der Waals surface area contributed by atoms with Crippen molar-refractivity contribution in [2.24, 2.45) is 0 Å². The van der Waals surface area contributed by atoms with Gasteiger partial charge in [0.05, 0.1) is 46.2 Å². The highest BCUT2D eigenvalue weighted by atomic mass is 32.2. The Bertz CT molecular complexity index is 1660. The van der Waals surface area contributed by atoms with Crippen molar-refractivity contribution in [3.05, 3.63) is 72.3 Å². The Morgan fingerprint density at radius 2 is 1.85 bits per heavy atom. The van der Waals surface area contributed by atoms with Crippen molar-refractivity contribution >= 4 is 32.4 Å². The molecule has 13 heteroatoms. The second kappa shape index (κ2) is 11.2. The predicted octanol–water partition coefficient (Wildman–Crippen LogP) is 4.26. The summed E-state index contributed by atoms with van der Waals surface area (Å²) in [6.45, 7) is 5.60. The lowest BCUT2D eigenvalue weighted by Gasteiger charge is -2.36. The van der Waals surface area contributed by atoms with Gasteiger partial charge in [-0.3, -0.25) is 14.8 Å². The van der Waals surface area contributed by atoms with Crippen LogP contribution in [0.1, 0.15) is 30.0 Å². The van der Waals surface area contributed by atoms with Gasteiger partial charge in [-0.1, -0.05) is 6.07 Å². The standard InChI is InChI=1S/C27H27F2N7O3S/c1-16-14-36(15-17(2)39-16)25-5-3-4-21(35-25)22-7-6-18-12-32-19(10-23(18)34-22)13-33-26(37)24-11-20(8-9-31-24)40(30,38)27(28)29/h3-12,16-17,27,30H,13-15H2,1-2H3,(H,33,37)/t16-,17+,40?. The molecule has 1 fully saturated rings. The van der Waals surface area contributed by atoms with E-state index < -0.39 is 26.3 Å². The molecule has 2 N–H and O–H groups in total. The number of ether oxygens (including phenoxy) is 1. The molecule has 0 bridgehead atoms. The zero-order chi connectivity index (χ0) is 28.4. The number of hydrogen-bond acceptors (Lipinski definition) is 9. The first-order chi connectivity index (χ1) is 19.1. The molecule has 208 valence electrons. The van der Waals surface area contributed by atoms with Crippen LogP contribution in [0, 0.1) is 4.78 Å². The molecule has 5 heterocycles. The second-order valence-electron chi connectivity index (χ2n) is 9.53. The van der Waals surface area contributed by atoms with Crippen LogP contribution < -0.4 is 10.2 Å². The molecule has 1 aliphatic heterocycles. The number of halogens is 2. The van der Waals surface area contributed by atoms with E-state index in [9.17, 15) is 17.8 Å². The molecule has 1 saturated heterocycles. The van der Waals surface area contributed by atoms with Crippen LogP contribution in [0.3, 0.4) is 0 Å². The van der Waals surface area contributed by atoms with Crippen molar-refractivity contribution in [2.45, 2.75) is 43.3 Å². The van der Waals surface area contributed by atoms with Gasteiger partial charge in [-0.2, -0.15) is 8.78 Å². The average molecular weight is 568 g/mol. The van der Waals surface area contributed by atoms with Crippen LogP contribution in [0.15, 0.2) is 65.8 Å². The van der Waals surface area contributed by atoms with Gasteiger partial charge in [0.1, 0.15) is 21.2 Å². The maximum atomic E-state index is 13.0. The molecule has 0 spiro atoms. The smallest absolute Gasteiger partial charge is 0.323 e. The normalized spacial score (nSPS) is 19.0. The first-order valence-electron chi connectivity index (χ1n) is 12.5. The minimum Gasteiger partial charge on any atom is -0.372 e. The van der Waals surface area contributed by atoms with Crippen molar-refractivity contribution in [3.8, 4) is 11.4 Å². The molecular weight excluding hydrogens is 540 g/mol. The minimum atomic E-state index is -4.35. The van der Waals surface area contributed by atoms with Crippen LogP contribution in [-0.4, -0.2) is 61.1 Å². The van der Waals surface area contributed by atoms with Crippen LogP contribution in [0.4, 0.5) is 14.6 Å². The van der Waals surface area contributed by atoms with E-state index in [1.54, 1.807) is 12.3 Å². The number of alkyl halides is 2. The van der Waals surface area contributed by atoms with E-state index in [-0.39, 0.29) is 24.4 Å². The molecule has 1 amide bonds. The average Bonchev–Trinajstić information content (AvgIpc) is 2.95. The van der Waals surface area contributed by atoms with Gasteiger partial charge >= 0.3 is 5.76 Å². The van der Waals surface area contributed by atoms with Crippen molar-refractivity contribution in [2.75, 3.05) is 18.0 Å². The molecule has 0 radical (unpaired) electrons. The summed E-state index contributed by atoms with van der Waals surface area (Å²) >= 11 is 0. The van der Waals surface area contributed by atoms with E-state index in [1.165, 1.54) is 0 Å². The van der Waals surface area contributed by atoms with Crippen LogP contribution >= 0.6 is 0 Å². The molecule has 4 aromatic heterocycles. The number of nitrogens with zero attached hydrogens (tertiary/aromatic N) is 5. The summed E-state index contributed by atoms with van der Waals surface area (Å²) in [7, 11) is -4.35. The van der Waals surface area contributed by atoms with Gasteiger partial charge < -0.3 is 15.0 Å². The summed E-state index contributed by atoms with van der Waals surface area (Å²) in [4.78, 5) is 32.2. The largest absolute Gasteiger partial charge is 0.372 e. The maximum Gasteiger partial charge on any atom is 0.323 e. The molecule has 40 heavy (non-hydrogen) atoms. The van der Waals surface area contributed by atoms with Crippen LogP contribution in [0.2, 0.25) is 0 Å². The number of fused-ring (bicyclic) bond motifs is 1. The molecule has 10 nitrogen and oxygen atoms in total. The van der Waals surface area contributed by atoms with Crippen LogP contribution in [-0.2, 0) is 21.0 Å². The first kappa shape index (κ1) is 27.5. The lowest BCUT2D eigenvalue weighted by Crippen LogP contribution is -2.45. The topological polar surface area (TPSA) is 134 Å².